The predicted molar refractivity (Wildman–Crippen MR) is 113 cm³/mol. The predicted octanol–water partition coefficient (Wildman–Crippen LogP) is 3.18. The van der Waals surface area contributed by atoms with Crippen LogP contribution in [-0.2, 0) is 16.0 Å². The van der Waals surface area contributed by atoms with Gasteiger partial charge in [-0.1, -0.05) is 54.6 Å². The molecule has 0 radical (unpaired) electrons. The van der Waals surface area contributed by atoms with Gasteiger partial charge < -0.3 is 20.1 Å². The van der Waals surface area contributed by atoms with Crippen molar-refractivity contribution in [3.63, 3.8) is 0 Å². The van der Waals surface area contributed by atoms with E-state index in [2.05, 4.69) is 4.74 Å². The van der Waals surface area contributed by atoms with E-state index in [9.17, 15) is 20.1 Å². The van der Waals surface area contributed by atoms with Gasteiger partial charge in [0.2, 0.25) is 0 Å². The Balaban J connectivity index is 1.80. The SMILES string of the molecule is COC(=O)CCC/C=C\C[C@H]1[C@H](/C=C/[C@H](O)CCc2ccccc2)[C@@H](O)C[C@H]1O. The monoisotopic (exact) mass is 402 g/mol. The smallest absolute Gasteiger partial charge is 0.305 e. The van der Waals surface area contributed by atoms with Gasteiger partial charge in [-0.25, -0.2) is 0 Å². The molecule has 0 aliphatic heterocycles. The summed E-state index contributed by atoms with van der Waals surface area (Å²) in [4.78, 5) is 11.1. The highest BCUT2D eigenvalue weighted by molar-refractivity contribution is 5.69. The van der Waals surface area contributed by atoms with Gasteiger partial charge in [-0.2, -0.15) is 0 Å². The van der Waals surface area contributed by atoms with Crippen molar-refractivity contribution in [2.75, 3.05) is 7.11 Å². The Morgan fingerprint density at radius 2 is 1.97 bits per heavy atom. The molecular weight excluding hydrogens is 368 g/mol. The van der Waals surface area contributed by atoms with Crippen LogP contribution in [0.4, 0.5) is 0 Å². The maximum Gasteiger partial charge on any atom is 0.305 e. The molecule has 1 saturated carbocycles. The molecular formula is C24H34O5. The highest BCUT2D eigenvalue weighted by atomic mass is 16.5. The summed E-state index contributed by atoms with van der Waals surface area (Å²) in [5, 5.41) is 30.9. The number of esters is 1. The fraction of sp³-hybridized carbons (Fsp3) is 0.542. The number of carbonyl (C=O) groups excluding carboxylic acids is 1. The average Bonchev–Trinajstić information content (AvgIpc) is 3.00. The summed E-state index contributed by atoms with van der Waals surface area (Å²) in [6.45, 7) is 0. The van der Waals surface area contributed by atoms with Crippen molar-refractivity contribution in [1.29, 1.82) is 0 Å². The molecule has 0 bridgehead atoms. The maximum atomic E-state index is 11.1. The van der Waals surface area contributed by atoms with E-state index in [1.165, 1.54) is 12.7 Å². The Morgan fingerprint density at radius 1 is 1.21 bits per heavy atom. The van der Waals surface area contributed by atoms with Gasteiger partial charge in [0.25, 0.3) is 0 Å². The van der Waals surface area contributed by atoms with Gasteiger partial charge in [0, 0.05) is 18.8 Å². The summed E-state index contributed by atoms with van der Waals surface area (Å²) in [6.07, 6.45) is 10.3. The summed E-state index contributed by atoms with van der Waals surface area (Å²) in [6, 6.07) is 10.0. The number of unbranched alkanes of at least 4 members (excludes halogenated alkanes) is 1. The summed E-state index contributed by atoms with van der Waals surface area (Å²) in [7, 11) is 1.39. The fourth-order valence-corrected chi connectivity index (χ4v) is 3.86. The lowest BCUT2D eigenvalue weighted by molar-refractivity contribution is -0.140. The lowest BCUT2D eigenvalue weighted by Gasteiger charge is -2.19. The summed E-state index contributed by atoms with van der Waals surface area (Å²) in [5.41, 5.74) is 1.19. The number of benzene rings is 1. The first-order valence-corrected chi connectivity index (χ1v) is 10.5. The molecule has 5 nitrogen and oxygen atoms in total. The first kappa shape index (κ1) is 23.3. The summed E-state index contributed by atoms with van der Waals surface area (Å²) < 4.78 is 4.61. The molecule has 0 aromatic heterocycles. The Labute approximate surface area is 173 Å². The van der Waals surface area contributed by atoms with Crippen LogP contribution >= 0.6 is 0 Å². The molecule has 1 aromatic carbocycles. The largest absolute Gasteiger partial charge is 0.469 e. The van der Waals surface area contributed by atoms with E-state index in [0.29, 0.717) is 25.7 Å². The number of ether oxygens (including phenoxy) is 1. The van der Waals surface area contributed by atoms with Crippen molar-refractivity contribution >= 4 is 5.97 Å². The zero-order chi connectivity index (χ0) is 21.1. The second-order valence-corrected chi connectivity index (χ2v) is 7.76. The normalized spacial score (nSPS) is 25.7. The van der Waals surface area contributed by atoms with E-state index in [0.717, 1.165) is 19.3 Å². The third-order valence-electron chi connectivity index (χ3n) is 5.60. The van der Waals surface area contributed by atoms with Crippen molar-refractivity contribution in [3.8, 4) is 0 Å². The molecule has 3 N–H and O–H groups in total. The van der Waals surface area contributed by atoms with Crippen LogP contribution in [-0.4, -0.2) is 46.7 Å². The Bertz CT molecular complexity index is 654. The van der Waals surface area contributed by atoms with E-state index in [1.54, 1.807) is 6.08 Å². The number of rotatable bonds is 11. The molecule has 5 heteroatoms. The van der Waals surface area contributed by atoms with Crippen molar-refractivity contribution in [3.05, 3.63) is 60.2 Å². The number of carbonyl (C=O) groups is 1. The molecule has 2 rings (SSSR count). The van der Waals surface area contributed by atoms with Crippen LogP contribution < -0.4 is 0 Å². The fourth-order valence-electron chi connectivity index (χ4n) is 3.86. The van der Waals surface area contributed by atoms with E-state index < -0.39 is 18.3 Å². The van der Waals surface area contributed by atoms with Gasteiger partial charge in [0.05, 0.1) is 25.4 Å². The zero-order valence-electron chi connectivity index (χ0n) is 17.2. The number of hydrogen-bond donors (Lipinski definition) is 3. The topological polar surface area (TPSA) is 87.0 Å². The van der Waals surface area contributed by atoms with E-state index in [4.69, 9.17) is 0 Å². The lowest BCUT2D eigenvalue weighted by atomic mass is 9.89. The molecule has 29 heavy (non-hydrogen) atoms. The van der Waals surface area contributed by atoms with E-state index >= 15 is 0 Å². The quantitative estimate of drug-likeness (QED) is 0.301. The molecule has 0 saturated heterocycles. The molecule has 1 aromatic rings. The minimum Gasteiger partial charge on any atom is -0.469 e. The Morgan fingerprint density at radius 3 is 2.69 bits per heavy atom. The van der Waals surface area contributed by atoms with Crippen LogP contribution in [0.1, 0.15) is 44.1 Å². The van der Waals surface area contributed by atoms with Crippen molar-refractivity contribution in [2.45, 2.75) is 63.3 Å². The third-order valence-corrected chi connectivity index (χ3v) is 5.60. The number of hydrogen-bond acceptors (Lipinski definition) is 5. The van der Waals surface area contributed by atoms with Crippen LogP contribution in [0.5, 0.6) is 0 Å². The van der Waals surface area contributed by atoms with Crippen molar-refractivity contribution in [2.24, 2.45) is 11.8 Å². The number of allylic oxidation sites excluding steroid dienone is 2. The summed E-state index contributed by atoms with van der Waals surface area (Å²) in [5.74, 6) is -0.445. The van der Waals surface area contributed by atoms with E-state index in [-0.39, 0.29) is 17.8 Å². The Kier molecular flexibility index (Phi) is 10.1. The van der Waals surface area contributed by atoms with Crippen LogP contribution in [0, 0.1) is 11.8 Å². The van der Waals surface area contributed by atoms with Crippen molar-refractivity contribution in [1.82, 2.24) is 0 Å². The molecule has 0 heterocycles. The van der Waals surface area contributed by atoms with Crippen LogP contribution in [0.15, 0.2) is 54.6 Å². The molecule has 0 spiro atoms. The third kappa shape index (κ3) is 8.13. The standard InChI is InChI=1S/C24H34O5/c1-29-24(28)12-8-3-2-7-11-20-21(23(27)17-22(20)26)16-15-19(25)14-13-18-9-5-4-6-10-18/h2,4-7,9-10,15-16,19-23,25-27H,3,8,11-14,17H2,1H3/b7-2-,16-15+/t19-,20+,21+,22-,23+/m1/s1. The first-order chi connectivity index (χ1) is 14.0. The van der Waals surface area contributed by atoms with Crippen LogP contribution in [0.3, 0.4) is 0 Å². The maximum absolute atomic E-state index is 11.1. The van der Waals surface area contributed by atoms with Gasteiger partial charge in [-0.15, -0.1) is 0 Å². The first-order valence-electron chi connectivity index (χ1n) is 10.5. The van der Waals surface area contributed by atoms with Gasteiger partial charge in [0.15, 0.2) is 0 Å². The number of aryl methyl sites for hydroxylation is 1. The molecule has 1 aliphatic carbocycles. The van der Waals surface area contributed by atoms with Gasteiger partial charge in [0.1, 0.15) is 0 Å². The van der Waals surface area contributed by atoms with Gasteiger partial charge in [-0.3, -0.25) is 4.79 Å². The number of aliphatic hydroxyl groups is 3. The van der Waals surface area contributed by atoms with Gasteiger partial charge in [-0.05, 0) is 43.6 Å². The summed E-state index contributed by atoms with van der Waals surface area (Å²) >= 11 is 0. The van der Waals surface area contributed by atoms with Gasteiger partial charge >= 0.3 is 5.97 Å². The van der Waals surface area contributed by atoms with Crippen LogP contribution in [0.25, 0.3) is 0 Å². The molecule has 1 fully saturated rings. The molecule has 1 aliphatic rings. The molecule has 0 unspecified atom stereocenters. The minimum atomic E-state index is -0.597. The van der Waals surface area contributed by atoms with Crippen LogP contribution in [0.2, 0.25) is 0 Å². The second-order valence-electron chi connectivity index (χ2n) is 7.76. The minimum absolute atomic E-state index is 0.0700. The Hall–Kier alpha value is -1.95. The highest BCUT2D eigenvalue weighted by Gasteiger charge is 2.39. The molecule has 0 amide bonds. The zero-order valence-corrected chi connectivity index (χ0v) is 17.2. The molecule has 5 atom stereocenters. The number of methoxy groups -OCH3 is 1. The second kappa shape index (κ2) is 12.6. The highest BCUT2D eigenvalue weighted by Crippen LogP contribution is 2.36. The van der Waals surface area contributed by atoms with E-state index in [1.807, 2.05) is 48.6 Å². The van der Waals surface area contributed by atoms with Crippen molar-refractivity contribution < 1.29 is 24.9 Å². The lowest BCUT2D eigenvalue weighted by Crippen LogP contribution is -2.20. The molecule has 160 valence electrons. The average molecular weight is 403 g/mol. The number of aliphatic hydroxyl groups excluding tert-OH is 3.